The van der Waals surface area contributed by atoms with Crippen LogP contribution in [0.25, 0.3) is 0 Å². The van der Waals surface area contributed by atoms with Crippen molar-refractivity contribution in [2.24, 2.45) is 5.92 Å². The summed E-state index contributed by atoms with van der Waals surface area (Å²) in [5.41, 5.74) is 0. The van der Waals surface area contributed by atoms with Crippen LogP contribution in [0.5, 0.6) is 0 Å². The Kier molecular flexibility index (Phi) is 5.35. The number of hydrogen-bond donors (Lipinski definition) is 0. The van der Waals surface area contributed by atoms with Gasteiger partial charge in [-0.2, -0.15) is 4.98 Å². The molecule has 1 aromatic rings. The summed E-state index contributed by atoms with van der Waals surface area (Å²) in [6.45, 7) is 8.70. The van der Waals surface area contributed by atoms with Gasteiger partial charge < -0.3 is 0 Å². The highest BCUT2D eigenvalue weighted by atomic mass is 35.5. The second-order valence-electron chi connectivity index (χ2n) is 4.29. The van der Waals surface area contributed by atoms with Gasteiger partial charge in [0.2, 0.25) is 5.28 Å². The summed E-state index contributed by atoms with van der Waals surface area (Å²) in [5, 5.41) is 0.299. The minimum Gasteiger partial charge on any atom is -0.298 e. The minimum atomic E-state index is 0.299. The molecule has 0 aromatic carbocycles. The van der Waals surface area contributed by atoms with Crippen LogP contribution in [0.1, 0.15) is 27.7 Å². The van der Waals surface area contributed by atoms with Gasteiger partial charge >= 0.3 is 0 Å². The molecule has 0 saturated carbocycles. The molecule has 0 bridgehead atoms. The number of hydrogen-bond acceptors (Lipinski definition) is 4. The molecule has 1 heterocycles. The second kappa shape index (κ2) is 6.30. The molecule has 0 radical (unpaired) electrons. The number of anilines is 1. The zero-order valence-electron chi connectivity index (χ0n) is 10.1. The molecule has 90 valence electrons. The zero-order chi connectivity index (χ0) is 12.1. The first kappa shape index (κ1) is 13.6. The summed E-state index contributed by atoms with van der Waals surface area (Å²) in [4.78, 5) is 8.13. The van der Waals surface area contributed by atoms with Crippen LogP contribution in [0.2, 0.25) is 5.28 Å². The van der Waals surface area contributed by atoms with Gasteiger partial charge in [-0.05, 0) is 43.3 Å². The summed E-state index contributed by atoms with van der Waals surface area (Å²) >= 11 is 7.58. The van der Waals surface area contributed by atoms with E-state index in [1.54, 1.807) is 18.1 Å². The fraction of sp³-hybridized carbons (Fsp3) is 0.636. The molecule has 0 spiro atoms. The molecule has 1 rings (SSSR count). The summed E-state index contributed by atoms with van der Waals surface area (Å²) in [6.07, 6.45) is 1.69. The number of rotatable bonds is 5. The fourth-order valence-electron chi connectivity index (χ4n) is 1.16. The lowest BCUT2D eigenvalue weighted by Gasteiger charge is -2.26. The maximum atomic E-state index is 5.80. The molecular weight excluding hydrogens is 242 g/mol. The highest BCUT2D eigenvalue weighted by Gasteiger charge is 2.13. The van der Waals surface area contributed by atoms with Crippen LogP contribution < -0.4 is 4.31 Å². The molecule has 16 heavy (non-hydrogen) atoms. The normalized spacial score (nSPS) is 11.2. The SMILES string of the molecule is CC(C)CSN(c1ccnc(Cl)n1)C(C)C. The average molecular weight is 260 g/mol. The predicted molar refractivity (Wildman–Crippen MR) is 72.0 cm³/mol. The van der Waals surface area contributed by atoms with E-state index < -0.39 is 0 Å². The smallest absolute Gasteiger partial charge is 0.224 e. The molecular formula is C11H18ClN3S. The van der Waals surface area contributed by atoms with Crippen LogP contribution in [0.3, 0.4) is 0 Å². The van der Waals surface area contributed by atoms with Gasteiger partial charge in [0, 0.05) is 24.1 Å². The van der Waals surface area contributed by atoms with Crippen LogP contribution in [0, 0.1) is 5.92 Å². The summed E-state index contributed by atoms with van der Waals surface area (Å²) in [7, 11) is 0. The van der Waals surface area contributed by atoms with Crippen molar-refractivity contribution >= 4 is 29.4 Å². The third-order valence-electron chi connectivity index (χ3n) is 1.85. The molecule has 0 amide bonds. The third kappa shape index (κ3) is 4.18. The average Bonchev–Trinajstić information content (AvgIpc) is 2.17. The lowest BCUT2D eigenvalue weighted by Crippen LogP contribution is -2.25. The molecule has 0 N–H and O–H groups in total. The zero-order valence-corrected chi connectivity index (χ0v) is 11.7. The summed E-state index contributed by atoms with van der Waals surface area (Å²) in [6, 6.07) is 2.27. The van der Waals surface area contributed by atoms with Crippen molar-refractivity contribution in [1.29, 1.82) is 0 Å². The summed E-state index contributed by atoms with van der Waals surface area (Å²) < 4.78 is 2.17. The van der Waals surface area contributed by atoms with Crippen LogP contribution in [0.4, 0.5) is 5.82 Å². The third-order valence-corrected chi connectivity index (χ3v) is 3.74. The molecule has 0 aliphatic heterocycles. The predicted octanol–water partition coefficient (Wildman–Crippen LogP) is 3.65. The minimum absolute atomic E-state index is 0.299. The Labute approximate surface area is 107 Å². The number of halogens is 1. The number of aromatic nitrogens is 2. The monoisotopic (exact) mass is 259 g/mol. The molecule has 0 fully saturated rings. The quantitative estimate of drug-likeness (QED) is 0.596. The van der Waals surface area contributed by atoms with Crippen molar-refractivity contribution in [2.75, 3.05) is 10.1 Å². The van der Waals surface area contributed by atoms with E-state index in [9.17, 15) is 0 Å². The highest BCUT2D eigenvalue weighted by Crippen LogP contribution is 2.25. The summed E-state index contributed by atoms with van der Waals surface area (Å²) in [5.74, 6) is 2.60. The first-order chi connectivity index (χ1) is 7.50. The van der Waals surface area contributed by atoms with Crippen LogP contribution >= 0.6 is 23.5 Å². The van der Waals surface area contributed by atoms with E-state index in [1.165, 1.54) is 0 Å². The van der Waals surface area contributed by atoms with Crippen LogP contribution in [-0.2, 0) is 0 Å². The van der Waals surface area contributed by atoms with Crippen molar-refractivity contribution in [3.8, 4) is 0 Å². The Morgan fingerprint density at radius 2 is 2.06 bits per heavy atom. The van der Waals surface area contributed by atoms with Gasteiger partial charge in [-0.3, -0.25) is 4.31 Å². The van der Waals surface area contributed by atoms with E-state index in [0.29, 0.717) is 17.2 Å². The van der Waals surface area contributed by atoms with Crippen molar-refractivity contribution in [1.82, 2.24) is 9.97 Å². The van der Waals surface area contributed by atoms with Crippen molar-refractivity contribution in [3.63, 3.8) is 0 Å². The molecule has 5 heteroatoms. The standard InChI is InChI=1S/C11H18ClN3S/c1-8(2)7-16-15(9(3)4)10-5-6-13-11(12)14-10/h5-6,8-9H,7H2,1-4H3. The molecule has 1 aromatic heterocycles. The molecule has 0 aliphatic rings. The molecule has 0 atom stereocenters. The van der Waals surface area contributed by atoms with E-state index >= 15 is 0 Å². The highest BCUT2D eigenvalue weighted by molar-refractivity contribution is 8.00. The fourth-order valence-corrected chi connectivity index (χ4v) is 2.29. The van der Waals surface area contributed by atoms with E-state index in [2.05, 4.69) is 42.0 Å². The van der Waals surface area contributed by atoms with E-state index in [0.717, 1.165) is 11.6 Å². The number of nitrogens with zero attached hydrogens (tertiary/aromatic N) is 3. The maximum Gasteiger partial charge on any atom is 0.224 e. The van der Waals surface area contributed by atoms with Crippen LogP contribution in [0.15, 0.2) is 12.3 Å². The van der Waals surface area contributed by atoms with E-state index in [1.807, 2.05) is 6.07 Å². The van der Waals surface area contributed by atoms with Gasteiger partial charge in [0.1, 0.15) is 5.82 Å². The van der Waals surface area contributed by atoms with Gasteiger partial charge in [-0.25, -0.2) is 4.98 Å². The second-order valence-corrected chi connectivity index (χ2v) is 5.62. The van der Waals surface area contributed by atoms with E-state index in [4.69, 9.17) is 11.6 Å². The molecule has 0 aliphatic carbocycles. The van der Waals surface area contributed by atoms with Gasteiger partial charge in [0.05, 0.1) is 0 Å². The Morgan fingerprint density at radius 3 is 2.56 bits per heavy atom. The Hall–Kier alpha value is -0.480. The van der Waals surface area contributed by atoms with Crippen LogP contribution in [-0.4, -0.2) is 21.8 Å². The topological polar surface area (TPSA) is 29.0 Å². The Bertz CT molecular complexity index is 331. The lowest BCUT2D eigenvalue weighted by molar-refractivity contribution is 0.743. The van der Waals surface area contributed by atoms with Gasteiger partial charge in [0.25, 0.3) is 0 Å². The molecule has 3 nitrogen and oxygen atoms in total. The Balaban J connectivity index is 2.77. The van der Waals surface area contributed by atoms with Gasteiger partial charge in [-0.15, -0.1) is 0 Å². The van der Waals surface area contributed by atoms with Crippen molar-refractivity contribution < 1.29 is 0 Å². The first-order valence-corrected chi connectivity index (χ1v) is 6.73. The van der Waals surface area contributed by atoms with Gasteiger partial charge in [-0.1, -0.05) is 13.8 Å². The molecule has 0 saturated heterocycles. The molecule has 0 unspecified atom stereocenters. The van der Waals surface area contributed by atoms with Crippen molar-refractivity contribution in [3.05, 3.63) is 17.5 Å². The van der Waals surface area contributed by atoms with Crippen molar-refractivity contribution in [2.45, 2.75) is 33.7 Å². The Morgan fingerprint density at radius 1 is 1.38 bits per heavy atom. The van der Waals surface area contributed by atoms with Gasteiger partial charge in [0.15, 0.2) is 0 Å². The lowest BCUT2D eigenvalue weighted by atomic mass is 10.3. The largest absolute Gasteiger partial charge is 0.298 e. The maximum absolute atomic E-state index is 5.80. The van der Waals surface area contributed by atoms with E-state index in [-0.39, 0.29) is 0 Å². The first-order valence-electron chi connectivity index (χ1n) is 5.41.